The van der Waals surface area contributed by atoms with Crippen LogP contribution in [0.2, 0.25) is 10.0 Å². The third kappa shape index (κ3) is 4.08. The summed E-state index contributed by atoms with van der Waals surface area (Å²) in [5.74, 6) is 0.725. The topological polar surface area (TPSA) is 24.5 Å². The Morgan fingerprint density at radius 2 is 2.14 bits per heavy atom. The van der Waals surface area contributed by atoms with E-state index in [2.05, 4.69) is 10.2 Å². The Morgan fingerprint density at radius 1 is 1.23 bits per heavy atom. The molecule has 122 valence electrons. The molecule has 0 amide bonds. The van der Waals surface area contributed by atoms with Gasteiger partial charge in [-0.2, -0.15) is 0 Å². The molecule has 1 spiro atoms. The second-order valence-corrected chi connectivity index (χ2v) is 7.43. The van der Waals surface area contributed by atoms with Gasteiger partial charge in [0.05, 0.1) is 11.6 Å². The SMILES string of the molecule is Clc1ccc(OCCCCN2CCC3(CCNC3)C2)c(Cl)c1. The van der Waals surface area contributed by atoms with Crippen LogP contribution in [-0.4, -0.2) is 44.2 Å². The molecule has 0 aliphatic carbocycles. The number of nitrogens with one attached hydrogen (secondary N) is 1. The van der Waals surface area contributed by atoms with Crippen LogP contribution >= 0.6 is 23.2 Å². The number of halogens is 2. The Labute approximate surface area is 142 Å². The largest absolute Gasteiger partial charge is 0.492 e. The summed E-state index contributed by atoms with van der Waals surface area (Å²) >= 11 is 12.0. The third-order valence-corrected chi connectivity index (χ3v) is 5.40. The number of nitrogens with zero attached hydrogens (tertiary/aromatic N) is 1. The Morgan fingerprint density at radius 3 is 2.91 bits per heavy atom. The van der Waals surface area contributed by atoms with E-state index in [4.69, 9.17) is 27.9 Å². The molecule has 1 N–H and O–H groups in total. The van der Waals surface area contributed by atoms with E-state index in [1.165, 1.54) is 52.0 Å². The Kier molecular flexibility index (Phi) is 5.50. The summed E-state index contributed by atoms with van der Waals surface area (Å²) in [4.78, 5) is 2.61. The van der Waals surface area contributed by atoms with Crippen LogP contribution < -0.4 is 10.1 Å². The molecule has 2 aliphatic rings. The van der Waals surface area contributed by atoms with Gasteiger partial charge in [0.2, 0.25) is 0 Å². The van der Waals surface area contributed by atoms with E-state index in [-0.39, 0.29) is 0 Å². The molecule has 5 heteroatoms. The van der Waals surface area contributed by atoms with E-state index in [0.717, 1.165) is 12.2 Å². The van der Waals surface area contributed by atoms with Gasteiger partial charge in [-0.05, 0) is 68.9 Å². The molecular formula is C17H24Cl2N2O. The predicted molar refractivity (Wildman–Crippen MR) is 92.2 cm³/mol. The number of benzene rings is 1. The third-order valence-electron chi connectivity index (χ3n) is 4.87. The molecule has 22 heavy (non-hydrogen) atoms. The van der Waals surface area contributed by atoms with Crippen molar-refractivity contribution in [2.24, 2.45) is 5.41 Å². The van der Waals surface area contributed by atoms with Gasteiger partial charge < -0.3 is 15.0 Å². The van der Waals surface area contributed by atoms with Crippen LogP contribution in [0.15, 0.2) is 18.2 Å². The first-order valence-electron chi connectivity index (χ1n) is 8.18. The van der Waals surface area contributed by atoms with Gasteiger partial charge in [-0.1, -0.05) is 23.2 Å². The van der Waals surface area contributed by atoms with E-state index in [0.29, 0.717) is 22.1 Å². The zero-order valence-corrected chi connectivity index (χ0v) is 14.4. The molecule has 1 atom stereocenters. The first kappa shape index (κ1) is 16.4. The lowest BCUT2D eigenvalue weighted by molar-refractivity contribution is 0.254. The maximum Gasteiger partial charge on any atom is 0.137 e. The Hall–Kier alpha value is -0.480. The van der Waals surface area contributed by atoms with Crippen LogP contribution in [0.25, 0.3) is 0 Å². The van der Waals surface area contributed by atoms with E-state index < -0.39 is 0 Å². The second-order valence-electron chi connectivity index (χ2n) is 6.58. The molecule has 2 heterocycles. The minimum atomic E-state index is 0.577. The van der Waals surface area contributed by atoms with Crippen LogP contribution in [0, 0.1) is 5.41 Å². The number of hydrogen-bond donors (Lipinski definition) is 1. The monoisotopic (exact) mass is 342 g/mol. The van der Waals surface area contributed by atoms with Gasteiger partial charge in [-0.15, -0.1) is 0 Å². The van der Waals surface area contributed by atoms with Crippen molar-refractivity contribution < 1.29 is 4.74 Å². The van der Waals surface area contributed by atoms with E-state index >= 15 is 0 Å². The fourth-order valence-electron chi connectivity index (χ4n) is 3.57. The Balaban J connectivity index is 1.33. The molecule has 3 rings (SSSR count). The van der Waals surface area contributed by atoms with Crippen LogP contribution in [0.5, 0.6) is 5.75 Å². The summed E-state index contributed by atoms with van der Waals surface area (Å²) in [7, 11) is 0. The molecule has 0 saturated carbocycles. The van der Waals surface area contributed by atoms with Gasteiger partial charge in [0.1, 0.15) is 5.75 Å². The van der Waals surface area contributed by atoms with E-state index in [1.807, 2.05) is 12.1 Å². The first-order valence-corrected chi connectivity index (χ1v) is 8.93. The fourth-order valence-corrected chi connectivity index (χ4v) is 4.04. The highest BCUT2D eigenvalue weighted by atomic mass is 35.5. The molecule has 2 saturated heterocycles. The second kappa shape index (κ2) is 7.39. The van der Waals surface area contributed by atoms with Crippen LogP contribution in [-0.2, 0) is 0 Å². The van der Waals surface area contributed by atoms with E-state index in [9.17, 15) is 0 Å². The number of hydrogen-bond acceptors (Lipinski definition) is 3. The van der Waals surface area contributed by atoms with Crippen molar-refractivity contribution in [2.45, 2.75) is 25.7 Å². The molecular weight excluding hydrogens is 319 g/mol. The minimum absolute atomic E-state index is 0.577. The van der Waals surface area contributed by atoms with Crippen molar-refractivity contribution in [3.63, 3.8) is 0 Å². The summed E-state index contributed by atoms with van der Waals surface area (Å²) in [6, 6.07) is 5.36. The maximum atomic E-state index is 6.09. The predicted octanol–water partition coefficient (Wildman–Crippen LogP) is 3.84. The molecule has 1 unspecified atom stereocenters. The molecule has 3 nitrogen and oxygen atoms in total. The molecule has 1 aromatic carbocycles. The molecule has 1 aromatic rings. The van der Waals surface area contributed by atoms with Gasteiger partial charge in [0.25, 0.3) is 0 Å². The van der Waals surface area contributed by atoms with Gasteiger partial charge in [-0.25, -0.2) is 0 Å². The number of unbranched alkanes of at least 4 members (excludes halogenated alkanes) is 1. The number of likely N-dealkylation sites (tertiary alicyclic amines) is 1. The zero-order valence-electron chi connectivity index (χ0n) is 12.9. The lowest BCUT2D eigenvalue weighted by Crippen LogP contribution is -2.29. The van der Waals surface area contributed by atoms with Gasteiger partial charge >= 0.3 is 0 Å². The first-order chi connectivity index (χ1) is 10.7. The average Bonchev–Trinajstić information content (AvgIpc) is 3.11. The lowest BCUT2D eigenvalue weighted by Gasteiger charge is -2.22. The number of ether oxygens (including phenoxy) is 1. The quantitative estimate of drug-likeness (QED) is 0.795. The Bertz CT molecular complexity index is 503. The fraction of sp³-hybridized carbons (Fsp3) is 0.647. The minimum Gasteiger partial charge on any atom is -0.492 e. The summed E-state index contributed by atoms with van der Waals surface area (Å²) in [6.07, 6.45) is 4.94. The lowest BCUT2D eigenvalue weighted by atomic mass is 9.87. The van der Waals surface area contributed by atoms with Crippen molar-refractivity contribution >= 4 is 23.2 Å². The van der Waals surface area contributed by atoms with Crippen molar-refractivity contribution in [1.29, 1.82) is 0 Å². The number of rotatable bonds is 6. The van der Waals surface area contributed by atoms with Crippen molar-refractivity contribution in [2.75, 3.05) is 39.3 Å². The maximum absolute atomic E-state index is 6.09. The van der Waals surface area contributed by atoms with Gasteiger partial charge in [0.15, 0.2) is 0 Å². The van der Waals surface area contributed by atoms with Crippen LogP contribution in [0.4, 0.5) is 0 Å². The summed E-state index contributed by atoms with van der Waals surface area (Å²) in [5.41, 5.74) is 0.577. The zero-order chi connectivity index (χ0) is 15.4. The summed E-state index contributed by atoms with van der Waals surface area (Å²) in [6.45, 7) is 6.82. The molecule has 0 radical (unpaired) electrons. The van der Waals surface area contributed by atoms with Crippen molar-refractivity contribution in [1.82, 2.24) is 10.2 Å². The highest BCUT2D eigenvalue weighted by molar-refractivity contribution is 6.35. The summed E-state index contributed by atoms with van der Waals surface area (Å²) in [5, 5.41) is 4.74. The highest BCUT2D eigenvalue weighted by Gasteiger charge is 2.39. The molecule has 0 bridgehead atoms. The van der Waals surface area contributed by atoms with Crippen LogP contribution in [0.1, 0.15) is 25.7 Å². The van der Waals surface area contributed by atoms with Crippen LogP contribution in [0.3, 0.4) is 0 Å². The smallest absolute Gasteiger partial charge is 0.137 e. The van der Waals surface area contributed by atoms with Crippen molar-refractivity contribution in [3.05, 3.63) is 28.2 Å². The molecule has 0 aromatic heterocycles. The highest BCUT2D eigenvalue weighted by Crippen LogP contribution is 2.36. The normalized spacial score (nSPS) is 25.2. The van der Waals surface area contributed by atoms with E-state index in [1.54, 1.807) is 6.07 Å². The standard InChI is InChI=1S/C17H24Cl2N2O/c18-14-3-4-16(15(19)11-14)22-10-2-1-8-21-9-6-17(13-21)5-7-20-12-17/h3-4,11,20H,1-2,5-10,12-13H2. The molecule has 2 fully saturated rings. The van der Waals surface area contributed by atoms with Crippen molar-refractivity contribution in [3.8, 4) is 5.75 Å². The van der Waals surface area contributed by atoms with Gasteiger partial charge in [-0.3, -0.25) is 0 Å². The average molecular weight is 343 g/mol. The van der Waals surface area contributed by atoms with Gasteiger partial charge in [0, 0.05) is 18.1 Å². The molecule has 2 aliphatic heterocycles. The summed E-state index contributed by atoms with van der Waals surface area (Å²) < 4.78 is 5.73.